The fraction of sp³-hybridized carbons (Fsp3) is 0.222. The van der Waals surface area contributed by atoms with Crippen LogP contribution >= 0.6 is 11.6 Å². The average molecular weight is 348 g/mol. The van der Waals surface area contributed by atoms with Crippen molar-refractivity contribution in [2.75, 3.05) is 13.7 Å². The third-order valence-corrected chi connectivity index (χ3v) is 4.00. The number of ether oxygens (including phenoxy) is 1. The average Bonchev–Trinajstić information content (AvgIpc) is 2.58. The molecule has 5 nitrogen and oxygen atoms in total. The number of rotatable bonds is 5. The number of nitrogens with zero attached hydrogens (tertiary/aromatic N) is 1. The Balaban J connectivity index is 1.96. The standard InChI is InChI=1S/C18H18ClNO4/c1-12(13-6-4-3-5-7-13)20(2)17(22)11-24-18(23)15-9-8-14(19)10-16(15)21/h3-10,12,21H,11H2,1-2H3/t12-/m1/s1. The SMILES string of the molecule is C[C@H](c1ccccc1)N(C)C(=O)COC(=O)c1ccc(Cl)cc1O. The van der Waals surface area contributed by atoms with Gasteiger partial charge in [-0.2, -0.15) is 0 Å². The van der Waals surface area contributed by atoms with Crippen molar-refractivity contribution in [2.24, 2.45) is 0 Å². The Morgan fingerprint density at radius 1 is 1.21 bits per heavy atom. The Morgan fingerprint density at radius 2 is 1.88 bits per heavy atom. The molecule has 0 fully saturated rings. The first-order chi connectivity index (χ1) is 11.4. The highest BCUT2D eigenvalue weighted by Gasteiger charge is 2.20. The van der Waals surface area contributed by atoms with Crippen molar-refractivity contribution < 1.29 is 19.4 Å². The van der Waals surface area contributed by atoms with Crippen molar-refractivity contribution in [3.8, 4) is 5.75 Å². The summed E-state index contributed by atoms with van der Waals surface area (Å²) in [6, 6.07) is 13.4. The van der Waals surface area contributed by atoms with E-state index in [0.717, 1.165) is 5.56 Å². The van der Waals surface area contributed by atoms with Gasteiger partial charge in [0.2, 0.25) is 0 Å². The maximum Gasteiger partial charge on any atom is 0.342 e. The van der Waals surface area contributed by atoms with Crippen LogP contribution in [0.4, 0.5) is 0 Å². The van der Waals surface area contributed by atoms with E-state index in [2.05, 4.69) is 0 Å². The first kappa shape index (κ1) is 17.8. The number of halogens is 1. The predicted octanol–water partition coefficient (Wildman–Crippen LogP) is 3.42. The lowest BCUT2D eigenvalue weighted by molar-refractivity contribution is -0.135. The quantitative estimate of drug-likeness (QED) is 0.841. The van der Waals surface area contributed by atoms with E-state index in [4.69, 9.17) is 16.3 Å². The van der Waals surface area contributed by atoms with Gasteiger partial charge in [0.25, 0.3) is 5.91 Å². The van der Waals surface area contributed by atoms with Gasteiger partial charge in [-0.25, -0.2) is 4.79 Å². The molecule has 0 unspecified atom stereocenters. The molecule has 0 saturated carbocycles. The predicted molar refractivity (Wildman–Crippen MR) is 91.0 cm³/mol. The fourth-order valence-electron chi connectivity index (χ4n) is 2.16. The smallest absolute Gasteiger partial charge is 0.342 e. The molecular weight excluding hydrogens is 330 g/mol. The normalized spacial score (nSPS) is 11.6. The molecule has 0 aliphatic rings. The molecule has 0 saturated heterocycles. The molecule has 126 valence electrons. The van der Waals surface area contributed by atoms with E-state index in [1.165, 1.54) is 23.1 Å². The second-order valence-electron chi connectivity index (χ2n) is 5.33. The monoisotopic (exact) mass is 347 g/mol. The highest BCUT2D eigenvalue weighted by atomic mass is 35.5. The molecule has 0 heterocycles. The van der Waals surface area contributed by atoms with E-state index < -0.39 is 12.6 Å². The number of hydrogen-bond donors (Lipinski definition) is 1. The van der Waals surface area contributed by atoms with E-state index in [-0.39, 0.29) is 23.3 Å². The van der Waals surface area contributed by atoms with Gasteiger partial charge in [-0.1, -0.05) is 41.9 Å². The molecule has 0 aromatic heterocycles. The molecule has 0 spiro atoms. The summed E-state index contributed by atoms with van der Waals surface area (Å²) in [5.41, 5.74) is 0.945. The lowest BCUT2D eigenvalue weighted by atomic mass is 10.1. The van der Waals surface area contributed by atoms with Gasteiger partial charge in [0, 0.05) is 12.1 Å². The van der Waals surface area contributed by atoms with E-state index in [0.29, 0.717) is 5.02 Å². The highest BCUT2D eigenvalue weighted by Crippen LogP contribution is 2.23. The summed E-state index contributed by atoms with van der Waals surface area (Å²) in [4.78, 5) is 25.6. The number of carbonyl (C=O) groups is 2. The van der Waals surface area contributed by atoms with Crippen LogP contribution in [0.15, 0.2) is 48.5 Å². The summed E-state index contributed by atoms with van der Waals surface area (Å²) >= 11 is 5.71. The molecule has 0 radical (unpaired) electrons. The van der Waals surface area contributed by atoms with Gasteiger partial charge in [0.1, 0.15) is 11.3 Å². The number of phenols is 1. The lowest BCUT2D eigenvalue weighted by Gasteiger charge is -2.25. The van der Waals surface area contributed by atoms with Crippen LogP contribution in [0.1, 0.15) is 28.9 Å². The fourth-order valence-corrected chi connectivity index (χ4v) is 2.32. The summed E-state index contributed by atoms with van der Waals surface area (Å²) < 4.78 is 4.98. The third kappa shape index (κ3) is 4.26. The maximum absolute atomic E-state index is 12.2. The summed E-state index contributed by atoms with van der Waals surface area (Å²) in [5, 5.41) is 9.99. The first-order valence-electron chi connectivity index (χ1n) is 7.36. The van der Waals surface area contributed by atoms with Crippen LogP contribution in [0.5, 0.6) is 5.75 Å². The second kappa shape index (κ2) is 7.84. The first-order valence-corrected chi connectivity index (χ1v) is 7.74. The van der Waals surface area contributed by atoms with Crippen molar-refractivity contribution in [1.29, 1.82) is 0 Å². The number of carbonyl (C=O) groups excluding carboxylic acids is 2. The van der Waals surface area contributed by atoms with Crippen LogP contribution in [0.2, 0.25) is 5.02 Å². The van der Waals surface area contributed by atoms with Crippen LogP contribution in [0.3, 0.4) is 0 Å². The summed E-state index contributed by atoms with van der Waals surface area (Å²) in [7, 11) is 1.65. The molecule has 1 N–H and O–H groups in total. The summed E-state index contributed by atoms with van der Waals surface area (Å²) in [6.07, 6.45) is 0. The van der Waals surface area contributed by atoms with Gasteiger partial charge in [0.15, 0.2) is 6.61 Å². The van der Waals surface area contributed by atoms with Crippen LogP contribution in [-0.2, 0) is 9.53 Å². The summed E-state index contributed by atoms with van der Waals surface area (Å²) in [6.45, 7) is 1.48. The van der Waals surface area contributed by atoms with Gasteiger partial charge in [-0.05, 0) is 30.7 Å². The molecule has 2 aromatic rings. The molecule has 0 bridgehead atoms. The van der Waals surface area contributed by atoms with Crippen molar-refractivity contribution in [3.05, 3.63) is 64.7 Å². The van der Waals surface area contributed by atoms with Crippen LogP contribution < -0.4 is 0 Å². The van der Waals surface area contributed by atoms with Gasteiger partial charge < -0.3 is 14.7 Å². The Bertz CT molecular complexity index is 733. The van der Waals surface area contributed by atoms with Crippen LogP contribution in [0, 0.1) is 0 Å². The zero-order valence-corrected chi connectivity index (χ0v) is 14.2. The maximum atomic E-state index is 12.2. The van der Waals surface area contributed by atoms with E-state index in [1.807, 2.05) is 37.3 Å². The molecule has 24 heavy (non-hydrogen) atoms. The zero-order valence-electron chi connectivity index (χ0n) is 13.4. The number of benzene rings is 2. The number of phenolic OH excluding ortho intramolecular Hbond substituents is 1. The zero-order chi connectivity index (χ0) is 17.7. The van der Waals surface area contributed by atoms with Crippen molar-refractivity contribution in [2.45, 2.75) is 13.0 Å². The number of hydrogen-bond acceptors (Lipinski definition) is 4. The lowest BCUT2D eigenvalue weighted by Crippen LogP contribution is -2.33. The second-order valence-corrected chi connectivity index (χ2v) is 5.77. The van der Waals surface area contributed by atoms with Gasteiger partial charge in [0.05, 0.1) is 6.04 Å². The molecule has 1 atom stereocenters. The van der Waals surface area contributed by atoms with E-state index in [9.17, 15) is 14.7 Å². The minimum Gasteiger partial charge on any atom is -0.507 e. The minimum absolute atomic E-state index is 0.0361. The number of likely N-dealkylation sites (N-methyl/N-ethyl adjacent to an activating group) is 1. The molecule has 6 heteroatoms. The van der Waals surface area contributed by atoms with Crippen molar-refractivity contribution >= 4 is 23.5 Å². The Hall–Kier alpha value is -2.53. The Labute approximate surface area is 145 Å². The largest absolute Gasteiger partial charge is 0.507 e. The van der Waals surface area contributed by atoms with Gasteiger partial charge >= 0.3 is 5.97 Å². The molecule has 0 aliphatic carbocycles. The number of aromatic hydroxyl groups is 1. The number of esters is 1. The van der Waals surface area contributed by atoms with Crippen molar-refractivity contribution in [1.82, 2.24) is 4.90 Å². The summed E-state index contributed by atoms with van der Waals surface area (Å²) in [5.74, 6) is -1.41. The Kier molecular flexibility index (Phi) is 5.82. The minimum atomic E-state index is -0.779. The molecular formula is C18H18ClNO4. The van der Waals surface area contributed by atoms with Crippen LogP contribution in [0.25, 0.3) is 0 Å². The molecule has 0 aliphatic heterocycles. The molecule has 2 rings (SSSR count). The highest BCUT2D eigenvalue weighted by molar-refractivity contribution is 6.30. The van der Waals surface area contributed by atoms with E-state index >= 15 is 0 Å². The third-order valence-electron chi connectivity index (χ3n) is 3.76. The molecule has 2 aromatic carbocycles. The molecule has 1 amide bonds. The van der Waals surface area contributed by atoms with E-state index in [1.54, 1.807) is 7.05 Å². The van der Waals surface area contributed by atoms with Gasteiger partial charge in [-0.15, -0.1) is 0 Å². The Morgan fingerprint density at radius 3 is 2.50 bits per heavy atom. The number of amides is 1. The van der Waals surface area contributed by atoms with Crippen molar-refractivity contribution in [3.63, 3.8) is 0 Å². The topological polar surface area (TPSA) is 66.8 Å². The van der Waals surface area contributed by atoms with Gasteiger partial charge in [-0.3, -0.25) is 4.79 Å². The van der Waals surface area contributed by atoms with Crippen LogP contribution in [-0.4, -0.2) is 35.5 Å².